The van der Waals surface area contributed by atoms with E-state index in [1.165, 1.54) is 47.2 Å². The summed E-state index contributed by atoms with van der Waals surface area (Å²) < 4.78 is 20.0. The first-order valence-electron chi connectivity index (χ1n) is 9.01. The normalized spacial score (nSPS) is 10.8. The van der Waals surface area contributed by atoms with Gasteiger partial charge in [0.25, 0.3) is 0 Å². The zero-order valence-corrected chi connectivity index (χ0v) is 16.8. The minimum atomic E-state index is -1.10. The monoisotopic (exact) mass is 431 g/mol. The lowest BCUT2D eigenvalue weighted by atomic mass is 10.1. The van der Waals surface area contributed by atoms with E-state index in [4.69, 9.17) is 16.3 Å². The van der Waals surface area contributed by atoms with Crippen LogP contribution >= 0.6 is 11.6 Å². The highest BCUT2D eigenvalue weighted by Crippen LogP contribution is 2.19. The first-order valence-corrected chi connectivity index (χ1v) is 9.39. The molecular formula is C21H19ClFN3O4. The van der Waals surface area contributed by atoms with Crippen LogP contribution in [0, 0.1) is 5.82 Å². The van der Waals surface area contributed by atoms with Crippen molar-refractivity contribution in [3.05, 3.63) is 87.0 Å². The van der Waals surface area contributed by atoms with Crippen LogP contribution in [0.15, 0.2) is 59.5 Å². The summed E-state index contributed by atoms with van der Waals surface area (Å²) >= 11 is 5.91. The topological polar surface area (TPSA) is 84.7 Å². The summed E-state index contributed by atoms with van der Waals surface area (Å²) in [6, 6.07) is 12.1. The number of amides is 1. The summed E-state index contributed by atoms with van der Waals surface area (Å²) in [5.41, 5.74) is 1.50. The van der Waals surface area contributed by atoms with Crippen LogP contribution in [0.2, 0.25) is 5.02 Å². The Morgan fingerprint density at radius 3 is 2.77 bits per heavy atom. The van der Waals surface area contributed by atoms with Crippen molar-refractivity contribution in [3.8, 4) is 5.69 Å². The van der Waals surface area contributed by atoms with Gasteiger partial charge in [-0.05, 0) is 35.9 Å². The molecule has 0 fully saturated rings. The highest BCUT2D eigenvalue weighted by Gasteiger charge is 2.15. The van der Waals surface area contributed by atoms with Gasteiger partial charge in [-0.1, -0.05) is 23.7 Å². The minimum Gasteiger partial charge on any atom is -0.465 e. The first kappa shape index (κ1) is 21.5. The lowest BCUT2D eigenvalue weighted by molar-refractivity contribution is 0.186. The predicted octanol–water partition coefficient (Wildman–Crippen LogP) is 3.75. The maximum Gasteiger partial charge on any atom is 0.411 e. The van der Waals surface area contributed by atoms with Crippen LogP contribution in [0.1, 0.15) is 11.3 Å². The Hall–Kier alpha value is -3.23. The van der Waals surface area contributed by atoms with Crippen LogP contribution < -0.4 is 10.3 Å². The Bertz CT molecular complexity index is 1100. The number of hydrogen-bond donors (Lipinski definition) is 1. The minimum absolute atomic E-state index is 0.173. The first-order chi connectivity index (χ1) is 14.4. The molecule has 0 unspecified atom stereocenters. The summed E-state index contributed by atoms with van der Waals surface area (Å²) in [6.45, 7) is 0.420. The molecule has 0 aliphatic heterocycles. The van der Waals surface area contributed by atoms with E-state index in [9.17, 15) is 19.1 Å². The molecule has 0 spiro atoms. The van der Waals surface area contributed by atoms with Crippen LogP contribution in [-0.2, 0) is 11.2 Å². The van der Waals surface area contributed by atoms with E-state index in [2.05, 4.69) is 5.10 Å². The molecule has 0 aliphatic carbocycles. The molecule has 9 heteroatoms. The fourth-order valence-corrected chi connectivity index (χ4v) is 3.15. The Kier molecular flexibility index (Phi) is 6.81. The molecule has 1 N–H and O–H groups in total. The van der Waals surface area contributed by atoms with Gasteiger partial charge in [-0.25, -0.2) is 13.9 Å². The van der Waals surface area contributed by atoms with Crippen LogP contribution in [0.3, 0.4) is 0 Å². The molecule has 0 aliphatic rings. The van der Waals surface area contributed by atoms with Gasteiger partial charge in [0.05, 0.1) is 18.8 Å². The van der Waals surface area contributed by atoms with E-state index in [0.717, 1.165) is 0 Å². The molecule has 0 radical (unpaired) electrons. The van der Waals surface area contributed by atoms with Crippen molar-refractivity contribution in [1.82, 2.24) is 9.78 Å². The number of anilines is 1. The van der Waals surface area contributed by atoms with Crippen molar-refractivity contribution in [3.63, 3.8) is 0 Å². The number of carboxylic acid groups (broad SMARTS) is 1. The molecule has 0 saturated heterocycles. The van der Waals surface area contributed by atoms with E-state index < -0.39 is 11.9 Å². The van der Waals surface area contributed by atoms with Crippen molar-refractivity contribution in [2.24, 2.45) is 0 Å². The van der Waals surface area contributed by atoms with Crippen LogP contribution in [0.4, 0.5) is 14.9 Å². The lowest BCUT2D eigenvalue weighted by Gasteiger charge is -2.19. The molecule has 1 aromatic heterocycles. The zero-order valence-electron chi connectivity index (χ0n) is 16.1. The summed E-state index contributed by atoms with van der Waals surface area (Å²) in [6.07, 6.45) is 0.505. The van der Waals surface area contributed by atoms with Crippen molar-refractivity contribution in [1.29, 1.82) is 0 Å². The van der Waals surface area contributed by atoms with Gasteiger partial charge in [-0.3, -0.25) is 9.69 Å². The summed E-state index contributed by atoms with van der Waals surface area (Å²) in [4.78, 5) is 25.0. The van der Waals surface area contributed by atoms with E-state index >= 15 is 0 Å². The average Bonchev–Trinajstić information content (AvgIpc) is 2.69. The SMILES string of the molecule is COCCN(C(=O)O)c1cccc(Cc2nn(-c3cc(F)cc(Cl)c3)ccc2=O)c1. The number of methoxy groups -OCH3 is 1. The van der Waals surface area contributed by atoms with Gasteiger partial charge in [0.2, 0.25) is 5.43 Å². The molecule has 156 valence electrons. The number of halogens is 2. The molecule has 0 bridgehead atoms. The fraction of sp³-hybridized carbons (Fsp3) is 0.190. The molecule has 2 aromatic carbocycles. The van der Waals surface area contributed by atoms with Crippen LogP contribution in [0.5, 0.6) is 0 Å². The Morgan fingerprint density at radius 2 is 2.07 bits per heavy atom. The predicted molar refractivity (Wildman–Crippen MR) is 111 cm³/mol. The molecule has 3 rings (SSSR count). The maximum absolute atomic E-state index is 13.7. The molecule has 0 atom stereocenters. The summed E-state index contributed by atoms with van der Waals surface area (Å²) in [5, 5.41) is 14.0. The second-order valence-corrected chi connectivity index (χ2v) is 6.91. The van der Waals surface area contributed by atoms with Gasteiger partial charge in [0.1, 0.15) is 11.5 Å². The third-order valence-electron chi connectivity index (χ3n) is 4.34. The average molecular weight is 432 g/mol. The van der Waals surface area contributed by atoms with Gasteiger partial charge in [0.15, 0.2) is 0 Å². The van der Waals surface area contributed by atoms with Crippen molar-refractivity contribution in [2.45, 2.75) is 6.42 Å². The standard InChI is InChI=1S/C21H19ClFN3O4/c1-30-8-7-25(21(28)29)17-4-2-3-14(9-17)10-19-20(27)5-6-26(24-19)18-12-15(22)11-16(23)13-18/h2-6,9,11-13H,7-8,10H2,1H3,(H,28,29). The van der Waals surface area contributed by atoms with Crippen molar-refractivity contribution in [2.75, 3.05) is 25.2 Å². The number of carbonyl (C=O) groups is 1. The molecule has 30 heavy (non-hydrogen) atoms. The maximum atomic E-state index is 13.7. The zero-order chi connectivity index (χ0) is 21.7. The smallest absolute Gasteiger partial charge is 0.411 e. The molecule has 1 heterocycles. The van der Waals surface area contributed by atoms with Gasteiger partial charge >= 0.3 is 6.09 Å². The van der Waals surface area contributed by atoms with Crippen LogP contribution in [-0.4, -0.2) is 41.2 Å². The Balaban J connectivity index is 1.91. The third kappa shape index (κ3) is 5.22. The summed E-state index contributed by atoms with van der Waals surface area (Å²) in [7, 11) is 1.49. The van der Waals surface area contributed by atoms with Gasteiger partial charge in [-0.15, -0.1) is 0 Å². The second-order valence-electron chi connectivity index (χ2n) is 6.47. The summed E-state index contributed by atoms with van der Waals surface area (Å²) in [5.74, 6) is -0.517. The van der Waals surface area contributed by atoms with Crippen molar-refractivity contribution < 1.29 is 19.0 Å². The van der Waals surface area contributed by atoms with Crippen molar-refractivity contribution >= 4 is 23.4 Å². The number of aromatic nitrogens is 2. The number of ether oxygens (including phenoxy) is 1. The van der Waals surface area contributed by atoms with Gasteiger partial charge in [-0.2, -0.15) is 5.10 Å². The van der Waals surface area contributed by atoms with Gasteiger partial charge < -0.3 is 9.84 Å². The quantitative estimate of drug-likeness (QED) is 0.616. The largest absolute Gasteiger partial charge is 0.465 e. The third-order valence-corrected chi connectivity index (χ3v) is 4.55. The Labute approximate surface area is 176 Å². The van der Waals surface area contributed by atoms with Gasteiger partial charge in [0, 0.05) is 36.5 Å². The van der Waals surface area contributed by atoms with E-state index in [1.54, 1.807) is 24.3 Å². The number of hydrogen-bond acceptors (Lipinski definition) is 4. The van der Waals surface area contributed by atoms with E-state index in [1.807, 2.05) is 0 Å². The lowest BCUT2D eigenvalue weighted by Crippen LogP contribution is -2.32. The highest BCUT2D eigenvalue weighted by molar-refractivity contribution is 6.30. The molecular weight excluding hydrogens is 413 g/mol. The molecule has 0 saturated carbocycles. The molecule has 7 nitrogen and oxygen atoms in total. The second kappa shape index (κ2) is 9.51. The molecule has 1 amide bonds. The number of rotatable bonds is 7. The Morgan fingerprint density at radius 1 is 1.27 bits per heavy atom. The van der Waals surface area contributed by atoms with E-state index in [-0.39, 0.29) is 35.7 Å². The number of nitrogens with zero attached hydrogens (tertiary/aromatic N) is 3. The fourth-order valence-electron chi connectivity index (χ4n) is 2.93. The van der Waals surface area contributed by atoms with E-state index in [0.29, 0.717) is 16.9 Å². The molecule has 3 aromatic rings. The highest BCUT2D eigenvalue weighted by atomic mass is 35.5. The number of benzene rings is 2. The van der Waals surface area contributed by atoms with Crippen LogP contribution in [0.25, 0.3) is 5.69 Å².